The molecule has 0 unspecified atom stereocenters. The van der Waals surface area contributed by atoms with Gasteiger partial charge in [0.1, 0.15) is 0 Å². The molecular weight excluding hydrogens is 392 g/mol. The van der Waals surface area contributed by atoms with Gasteiger partial charge in [0.05, 0.1) is 11.3 Å². The van der Waals surface area contributed by atoms with Crippen LogP contribution in [0.4, 0.5) is 26.3 Å². The van der Waals surface area contributed by atoms with Gasteiger partial charge in [-0.15, -0.1) is 0 Å². The van der Waals surface area contributed by atoms with Crippen molar-refractivity contribution in [2.75, 3.05) is 0 Å². The molecule has 0 aliphatic heterocycles. The Bertz CT molecular complexity index is 1160. The molecule has 1 heterocycles. The Balaban J connectivity index is 2.23. The standard InChI is InChI=1S/C22H15F6N/c1-12-9-10-14-7-3-4-8-15(14)16(12)17-18(19-13(2)6-5-11-29-19)21(25,26)22(27,28)20(17,23)24/h3-11H,1-2H3. The molecule has 0 atom stereocenters. The van der Waals surface area contributed by atoms with Crippen molar-refractivity contribution >= 4 is 21.9 Å². The number of allylic oxidation sites excluding steroid dienone is 2. The van der Waals surface area contributed by atoms with Crippen molar-refractivity contribution < 1.29 is 26.3 Å². The molecule has 1 aliphatic rings. The molecule has 1 aromatic heterocycles. The lowest BCUT2D eigenvalue weighted by Gasteiger charge is -2.26. The molecule has 1 aliphatic carbocycles. The highest BCUT2D eigenvalue weighted by atomic mass is 19.3. The van der Waals surface area contributed by atoms with Crippen LogP contribution in [-0.4, -0.2) is 22.8 Å². The van der Waals surface area contributed by atoms with E-state index in [0.717, 1.165) is 6.20 Å². The van der Waals surface area contributed by atoms with Crippen LogP contribution in [0, 0.1) is 13.8 Å². The summed E-state index contributed by atoms with van der Waals surface area (Å²) in [6, 6.07) is 12.1. The average Bonchev–Trinajstić information content (AvgIpc) is 2.77. The average molecular weight is 407 g/mol. The quantitative estimate of drug-likeness (QED) is 0.432. The second-order valence-electron chi connectivity index (χ2n) is 7.12. The van der Waals surface area contributed by atoms with E-state index < -0.39 is 34.6 Å². The third-order valence-electron chi connectivity index (χ3n) is 5.30. The summed E-state index contributed by atoms with van der Waals surface area (Å²) < 4.78 is 88.8. The first-order chi connectivity index (χ1) is 13.5. The zero-order valence-electron chi connectivity index (χ0n) is 15.4. The highest BCUT2D eigenvalue weighted by molar-refractivity contribution is 6.08. The summed E-state index contributed by atoms with van der Waals surface area (Å²) in [5, 5.41) is 0.675. The Morgan fingerprint density at radius 2 is 1.34 bits per heavy atom. The van der Waals surface area contributed by atoms with Gasteiger partial charge in [0.25, 0.3) is 0 Å². The van der Waals surface area contributed by atoms with Crippen LogP contribution in [0.3, 0.4) is 0 Å². The van der Waals surface area contributed by atoms with Crippen LogP contribution in [0.1, 0.15) is 22.4 Å². The fourth-order valence-electron chi connectivity index (χ4n) is 3.83. The number of hydrogen-bond acceptors (Lipinski definition) is 1. The van der Waals surface area contributed by atoms with Crippen LogP contribution in [0.15, 0.2) is 54.7 Å². The van der Waals surface area contributed by atoms with E-state index in [1.807, 2.05) is 0 Å². The molecule has 0 saturated heterocycles. The molecule has 0 N–H and O–H groups in total. The lowest BCUT2D eigenvalue weighted by molar-refractivity contribution is -0.254. The topological polar surface area (TPSA) is 12.9 Å². The first kappa shape index (κ1) is 19.5. The van der Waals surface area contributed by atoms with E-state index in [-0.39, 0.29) is 22.1 Å². The van der Waals surface area contributed by atoms with Gasteiger partial charge < -0.3 is 0 Å². The Labute approximate surface area is 162 Å². The number of nitrogens with zero attached hydrogens (tertiary/aromatic N) is 1. The largest absolute Gasteiger partial charge is 0.380 e. The summed E-state index contributed by atoms with van der Waals surface area (Å²) in [6.07, 6.45) is 1.12. The zero-order valence-corrected chi connectivity index (χ0v) is 15.4. The van der Waals surface area contributed by atoms with Crippen LogP contribution < -0.4 is 0 Å². The van der Waals surface area contributed by atoms with Gasteiger partial charge in [-0.3, -0.25) is 4.98 Å². The molecule has 0 radical (unpaired) electrons. The molecule has 0 amide bonds. The van der Waals surface area contributed by atoms with Crippen LogP contribution in [0.5, 0.6) is 0 Å². The minimum atomic E-state index is -5.60. The van der Waals surface area contributed by atoms with Gasteiger partial charge in [0.2, 0.25) is 0 Å². The number of halogens is 6. The van der Waals surface area contributed by atoms with Crippen LogP contribution in [0.25, 0.3) is 21.9 Å². The lowest BCUT2D eigenvalue weighted by Crippen LogP contribution is -2.49. The third kappa shape index (κ3) is 2.46. The van der Waals surface area contributed by atoms with Gasteiger partial charge in [-0.25, -0.2) is 0 Å². The Kier molecular flexibility index (Phi) is 4.09. The number of pyridine rings is 1. The van der Waals surface area contributed by atoms with Crippen molar-refractivity contribution in [3.63, 3.8) is 0 Å². The number of fused-ring (bicyclic) bond motifs is 1. The smallest absolute Gasteiger partial charge is 0.256 e. The van der Waals surface area contributed by atoms with Gasteiger partial charge in [0.15, 0.2) is 0 Å². The number of benzene rings is 2. The molecule has 4 rings (SSSR count). The van der Waals surface area contributed by atoms with Crippen molar-refractivity contribution in [2.24, 2.45) is 0 Å². The first-order valence-electron chi connectivity index (χ1n) is 8.81. The molecule has 2 aromatic carbocycles. The Hall–Kier alpha value is -2.83. The van der Waals surface area contributed by atoms with Gasteiger partial charge in [-0.1, -0.05) is 42.5 Å². The minimum Gasteiger partial charge on any atom is -0.256 e. The second-order valence-corrected chi connectivity index (χ2v) is 7.12. The summed E-state index contributed by atoms with van der Waals surface area (Å²) in [5.74, 6) is -15.8. The van der Waals surface area contributed by atoms with Crippen LogP contribution >= 0.6 is 0 Å². The summed E-state index contributed by atoms with van der Waals surface area (Å²) >= 11 is 0. The molecule has 0 spiro atoms. The fraction of sp³-hybridized carbons (Fsp3) is 0.227. The molecule has 0 fully saturated rings. The van der Waals surface area contributed by atoms with E-state index >= 15 is 8.78 Å². The van der Waals surface area contributed by atoms with Crippen molar-refractivity contribution in [1.82, 2.24) is 4.98 Å². The number of alkyl halides is 6. The maximum absolute atomic E-state index is 15.0. The SMILES string of the molecule is Cc1cccnc1C1=C(c2c(C)ccc3ccccc23)C(F)(F)C(F)(F)C1(F)F. The second kappa shape index (κ2) is 6.08. The van der Waals surface area contributed by atoms with Crippen LogP contribution in [0.2, 0.25) is 0 Å². The van der Waals surface area contributed by atoms with E-state index in [1.165, 1.54) is 38.1 Å². The van der Waals surface area contributed by atoms with Crippen molar-refractivity contribution in [1.29, 1.82) is 0 Å². The van der Waals surface area contributed by atoms with Gasteiger partial charge in [-0.05, 0) is 47.4 Å². The predicted molar refractivity (Wildman–Crippen MR) is 99.3 cm³/mol. The normalized spacial score (nSPS) is 19.7. The number of hydrogen-bond donors (Lipinski definition) is 0. The van der Waals surface area contributed by atoms with E-state index in [0.29, 0.717) is 5.39 Å². The van der Waals surface area contributed by atoms with E-state index in [2.05, 4.69) is 4.98 Å². The van der Waals surface area contributed by atoms with Gasteiger partial charge in [0, 0.05) is 11.8 Å². The Morgan fingerprint density at radius 3 is 2.03 bits per heavy atom. The van der Waals surface area contributed by atoms with Gasteiger partial charge >= 0.3 is 17.8 Å². The summed E-state index contributed by atoms with van der Waals surface area (Å²) in [5.41, 5.74) is -3.38. The maximum Gasteiger partial charge on any atom is 0.380 e. The monoisotopic (exact) mass is 407 g/mol. The van der Waals surface area contributed by atoms with Crippen molar-refractivity contribution in [3.05, 3.63) is 77.1 Å². The first-order valence-corrected chi connectivity index (χ1v) is 8.81. The Morgan fingerprint density at radius 1 is 0.690 bits per heavy atom. The highest BCUT2D eigenvalue weighted by Gasteiger charge is 2.80. The number of aromatic nitrogens is 1. The third-order valence-corrected chi connectivity index (χ3v) is 5.30. The maximum atomic E-state index is 15.0. The molecule has 1 nitrogen and oxygen atoms in total. The van der Waals surface area contributed by atoms with Crippen molar-refractivity contribution in [2.45, 2.75) is 31.6 Å². The van der Waals surface area contributed by atoms with E-state index in [4.69, 9.17) is 0 Å². The highest BCUT2D eigenvalue weighted by Crippen LogP contribution is 2.65. The van der Waals surface area contributed by atoms with Gasteiger partial charge in [-0.2, -0.15) is 26.3 Å². The predicted octanol–water partition coefficient (Wildman–Crippen LogP) is 6.68. The molecular formula is C22H15F6N. The van der Waals surface area contributed by atoms with Crippen molar-refractivity contribution in [3.8, 4) is 0 Å². The lowest BCUT2D eigenvalue weighted by atomic mass is 9.89. The summed E-state index contributed by atoms with van der Waals surface area (Å²) in [6.45, 7) is 2.80. The van der Waals surface area contributed by atoms with E-state index in [9.17, 15) is 17.6 Å². The minimum absolute atomic E-state index is 0.103. The molecule has 150 valence electrons. The molecule has 0 saturated carbocycles. The molecule has 29 heavy (non-hydrogen) atoms. The number of rotatable bonds is 2. The van der Waals surface area contributed by atoms with Crippen LogP contribution in [-0.2, 0) is 0 Å². The summed E-state index contributed by atoms with van der Waals surface area (Å²) in [4.78, 5) is 3.77. The molecule has 0 bridgehead atoms. The zero-order chi connectivity index (χ0) is 21.2. The molecule has 3 aromatic rings. The van der Waals surface area contributed by atoms with E-state index in [1.54, 1.807) is 24.3 Å². The summed E-state index contributed by atoms with van der Waals surface area (Å²) in [7, 11) is 0. The molecule has 7 heteroatoms. The number of aryl methyl sites for hydroxylation is 2. The fourth-order valence-corrected chi connectivity index (χ4v) is 3.83.